The van der Waals surface area contributed by atoms with E-state index < -0.39 is 0 Å². The molecule has 2 N–H and O–H groups in total. The van der Waals surface area contributed by atoms with Gasteiger partial charge in [-0.1, -0.05) is 46.0 Å². The summed E-state index contributed by atoms with van der Waals surface area (Å²) in [5.41, 5.74) is 0. The van der Waals surface area contributed by atoms with Gasteiger partial charge in [0.15, 0.2) is 5.96 Å². The van der Waals surface area contributed by atoms with Crippen LogP contribution in [0.15, 0.2) is 4.99 Å². The van der Waals surface area contributed by atoms with Gasteiger partial charge in [0, 0.05) is 20.6 Å². The maximum absolute atomic E-state index is 4.09. The lowest BCUT2D eigenvalue weighted by molar-refractivity contribution is 0.477. The van der Waals surface area contributed by atoms with Crippen molar-refractivity contribution in [1.29, 1.82) is 0 Å². The summed E-state index contributed by atoms with van der Waals surface area (Å²) in [6.45, 7) is 5.58. The first kappa shape index (κ1) is 15.3. The van der Waals surface area contributed by atoms with Crippen LogP contribution in [0.3, 0.4) is 0 Å². The zero-order chi connectivity index (χ0) is 12.2. The van der Waals surface area contributed by atoms with Gasteiger partial charge < -0.3 is 10.6 Å². The topological polar surface area (TPSA) is 36.4 Å². The first-order valence-corrected chi connectivity index (χ1v) is 6.63. The number of unbranched alkanes of at least 4 members (excludes halogenated alkanes) is 4. The fourth-order valence-corrected chi connectivity index (χ4v) is 1.75. The Labute approximate surface area is 101 Å². The van der Waals surface area contributed by atoms with Gasteiger partial charge in [0.05, 0.1) is 0 Å². The van der Waals surface area contributed by atoms with E-state index in [4.69, 9.17) is 0 Å². The summed E-state index contributed by atoms with van der Waals surface area (Å²) in [6.07, 6.45) is 8.18. The van der Waals surface area contributed by atoms with E-state index in [0.29, 0.717) is 0 Å². The van der Waals surface area contributed by atoms with Crippen molar-refractivity contribution in [2.45, 2.75) is 52.4 Å². The predicted octanol–water partition coefficient (Wildman–Crippen LogP) is 2.78. The van der Waals surface area contributed by atoms with Gasteiger partial charge in [0.25, 0.3) is 0 Å². The molecule has 0 spiro atoms. The summed E-state index contributed by atoms with van der Waals surface area (Å²) < 4.78 is 0. The van der Waals surface area contributed by atoms with Crippen LogP contribution in [0.4, 0.5) is 0 Å². The number of hydrogen-bond acceptors (Lipinski definition) is 1. The lowest BCUT2D eigenvalue weighted by atomic mass is 10.0. The fourth-order valence-electron chi connectivity index (χ4n) is 1.75. The molecule has 0 amide bonds. The highest BCUT2D eigenvalue weighted by Gasteiger charge is 2.02. The second-order valence-corrected chi connectivity index (χ2v) is 4.51. The Kier molecular flexibility index (Phi) is 10.3. The average Bonchev–Trinajstić information content (AvgIpc) is 2.30. The molecule has 1 atom stereocenters. The molecule has 0 saturated heterocycles. The molecule has 3 heteroatoms. The van der Waals surface area contributed by atoms with Crippen LogP contribution >= 0.6 is 0 Å². The van der Waals surface area contributed by atoms with E-state index in [1.165, 1.54) is 38.5 Å². The quantitative estimate of drug-likeness (QED) is 0.380. The van der Waals surface area contributed by atoms with Crippen molar-refractivity contribution < 1.29 is 0 Å². The standard InChI is InChI=1S/C13H29N3/c1-5-6-7-8-9-10-12(2)11-16-13(14-3)15-4/h12H,5-11H2,1-4H3,(H2,14,15,16). The van der Waals surface area contributed by atoms with Crippen molar-refractivity contribution in [3.63, 3.8) is 0 Å². The lowest BCUT2D eigenvalue weighted by Gasteiger charge is -2.14. The highest BCUT2D eigenvalue weighted by molar-refractivity contribution is 5.79. The van der Waals surface area contributed by atoms with Gasteiger partial charge in [-0.2, -0.15) is 0 Å². The van der Waals surface area contributed by atoms with Gasteiger partial charge in [-0.05, 0) is 12.3 Å². The van der Waals surface area contributed by atoms with Crippen molar-refractivity contribution in [3.8, 4) is 0 Å². The monoisotopic (exact) mass is 227 g/mol. The van der Waals surface area contributed by atoms with Gasteiger partial charge in [-0.25, -0.2) is 0 Å². The minimum Gasteiger partial charge on any atom is -0.359 e. The molecule has 1 unspecified atom stereocenters. The normalized spacial score (nSPS) is 13.6. The van der Waals surface area contributed by atoms with Crippen LogP contribution in [-0.2, 0) is 0 Å². The first-order chi connectivity index (χ1) is 7.74. The molecule has 0 aromatic carbocycles. The molecule has 0 saturated carbocycles. The van der Waals surface area contributed by atoms with E-state index in [0.717, 1.165) is 18.4 Å². The Balaban J connectivity index is 3.40. The fraction of sp³-hybridized carbons (Fsp3) is 0.923. The number of nitrogens with zero attached hydrogens (tertiary/aromatic N) is 1. The predicted molar refractivity (Wildman–Crippen MR) is 73.0 cm³/mol. The molecule has 16 heavy (non-hydrogen) atoms. The molecular weight excluding hydrogens is 198 g/mol. The van der Waals surface area contributed by atoms with Gasteiger partial charge in [-0.15, -0.1) is 0 Å². The molecule has 0 heterocycles. The van der Waals surface area contributed by atoms with Crippen LogP contribution in [0.1, 0.15) is 52.4 Å². The summed E-state index contributed by atoms with van der Waals surface area (Å²) in [5, 5.41) is 6.34. The van der Waals surface area contributed by atoms with Crippen LogP contribution in [0.5, 0.6) is 0 Å². The van der Waals surface area contributed by atoms with Crippen molar-refractivity contribution in [3.05, 3.63) is 0 Å². The van der Waals surface area contributed by atoms with Gasteiger partial charge in [-0.3, -0.25) is 4.99 Å². The molecule has 0 bridgehead atoms. The summed E-state index contributed by atoms with van der Waals surface area (Å²) in [6, 6.07) is 0. The summed E-state index contributed by atoms with van der Waals surface area (Å²) in [4.78, 5) is 4.09. The number of aliphatic imine (C=N–C) groups is 1. The van der Waals surface area contributed by atoms with E-state index in [9.17, 15) is 0 Å². The summed E-state index contributed by atoms with van der Waals surface area (Å²) in [7, 11) is 3.69. The van der Waals surface area contributed by atoms with Gasteiger partial charge >= 0.3 is 0 Å². The summed E-state index contributed by atoms with van der Waals surface area (Å²) in [5.74, 6) is 1.62. The van der Waals surface area contributed by atoms with E-state index in [2.05, 4.69) is 29.5 Å². The molecule has 0 aliphatic carbocycles. The summed E-state index contributed by atoms with van der Waals surface area (Å²) >= 11 is 0. The first-order valence-electron chi connectivity index (χ1n) is 6.63. The Morgan fingerprint density at radius 2 is 1.88 bits per heavy atom. The SMILES string of the molecule is CCCCCCCC(C)CNC(=NC)NC. The molecular formula is C13H29N3. The van der Waals surface area contributed by atoms with Crippen molar-refractivity contribution in [1.82, 2.24) is 10.6 Å². The van der Waals surface area contributed by atoms with Gasteiger partial charge in [0.2, 0.25) is 0 Å². The minimum absolute atomic E-state index is 0.728. The molecule has 0 aromatic heterocycles. The largest absolute Gasteiger partial charge is 0.359 e. The molecule has 3 nitrogen and oxygen atoms in total. The van der Waals surface area contributed by atoms with Crippen LogP contribution in [-0.4, -0.2) is 26.6 Å². The Morgan fingerprint density at radius 1 is 1.19 bits per heavy atom. The minimum atomic E-state index is 0.728. The highest BCUT2D eigenvalue weighted by Crippen LogP contribution is 2.10. The van der Waals surface area contributed by atoms with Crippen molar-refractivity contribution in [2.75, 3.05) is 20.6 Å². The molecule has 0 aromatic rings. The zero-order valence-corrected chi connectivity index (χ0v) is 11.5. The molecule has 0 rings (SSSR count). The second kappa shape index (κ2) is 10.8. The van der Waals surface area contributed by atoms with Crippen LogP contribution in [0.2, 0.25) is 0 Å². The third-order valence-corrected chi connectivity index (χ3v) is 2.88. The molecule has 0 aliphatic heterocycles. The average molecular weight is 227 g/mol. The second-order valence-electron chi connectivity index (χ2n) is 4.51. The molecule has 96 valence electrons. The third-order valence-electron chi connectivity index (χ3n) is 2.88. The number of guanidine groups is 1. The maximum Gasteiger partial charge on any atom is 0.190 e. The van der Waals surface area contributed by atoms with Gasteiger partial charge in [0.1, 0.15) is 0 Å². The van der Waals surface area contributed by atoms with Crippen molar-refractivity contribution in [2.24, 2.45) is 10.9 Å². The van der Waals surface area contributed by atoms with E-state index in [-0.39, 0.29) is 0 Å². The maximum atomic E-state index is 4.09. The molecule has 0 fully saturated rings. The van der Waals surface area contributed by atoms with Crippen LogP contribution in [0, 0.1) is 5.92 Å². The lowest BCUT2D eigenvalue weighted by Crippen LogP contribution is -2.37. The van der Waals surface area contributed by atoms with Crippen LogP contribution in [0.25, 0.3) is 0 Å². The Hall–Kier alpha value is -0.730. The number of hydrogen-bond donors (Lipinski definition) is 2. The third kappa shape index (κ3) is 8.57. The Morgan fingerprint density at radius 3 is 2.44 bits per heavy atom. The van der Waals surface area contributed by atoms with Crippen molar-refractivity contribution >= 4 is 5.96 Å². The van der Waals surface area contributed by atoms with E-state index in [1.54, 1.807) is 7.05 Å². The number of nitrogens with one attached hydrogen (secondary N) is 2. The van der Waals surface area contributed by atoms with E-state index >= 15 is 0 Å². The smallest absolute Gasteiger partial charge is 0.190 e. The molecule has 0 aliphatic rings. The molecule has 0 radical (unpaired) electrons. The zero-order valence-electron chi connectivity index (χ0n) is 11.5. The Bertz CT molecular complexity index is 178. The van der Waals surface area contributed by atoms with Crippen LogP contribution < -0.4 is 10.6 Å². The number of rotatable bonds is 8. The van der Waals surface area contributed by atoms with E-state index in [1.807, 2.05) is 7.05 Å². The highest BCUT2D eigenvalue weighted by atomic mass is 15.1.